The zero-order valence-corrected chi connectivity index (χ0v) is 46.6. The second-order valence-corrected chi connectivity index (χ2v) is 23.5. The van der Waals surface area contributed by atoms with Crippen LogP contribution in [0, 0.1) is 5.41 Å². The Kier molecular flexibility index (Phi) is 33.4. The van der Waals surface area contributed by atoms with Gasteiger partial charge in [-0.2, -0.15) is 0 Å². The first kappa shape index (κ1) is 64.3. The van der Waals surface area contributed by atoms with Crippen LogP contribution in [-0.2, 0) is 30.2 Å². The van der Waals surface area contributed by atoms with E-state index in [2.05, 4.69) is 12.2 Å². The number of rotatable bonds is 48. The van der Waals surface area contributed by atoms with Gasteiger partial charge in [0.25, 0.3) is 0 Å². The summed E-state index contributed by atoms with van der Waals surface area (Å²) in [5.41, 5.74) is 0.675. The Morgan fingerprint density at radius 1 is 0.622 bits per heavy atom. The van der Waals surface area contributed by atoms with E-state index in [0.29, 0.717) is 24.7 Å². The van der Waals surface area contributed by atoms with Crippen molar-refractivity contribution in [1.82, 2.24) is 5.32 Å². The Morgan fingerprint density at radius 3 is 1.57 bits per heavy atom. The quantitative estimate of drug-likeness (QED) is 0.0272. The summed E-state index contributed by atoms with van der Waals surface area (Å²) < 4.78 is 30.7. The minimum Gasteiger partial charge on any atom is -0.463 e. The molecule has 1 aromatic carbocycles. The number of unbranched alkanes of at least 4 members (excludes halogenated alkanes) is 31. The van der Waals surface area contributed by atoms with E-state index >= 15 is 0 Å². The highest BCUT2D eigenvalue weighted by atomic mass is 19.1. The van der Waals surface area contributed by atoms with Gasteiger partial charge >= 0.3 is 5.97 Å². The second kappa shape index (κ2) is 38.4. The van der Waals surface area contributed by atoms with E-state index in [1.807, 2.05) is 30.3 Å². The van der Waals surface area contributed by atoms with Crippen molar-refractivity contribution in [2.24, 2.45) is 5.41 Å². The van der Waals surface area contributed by atoms with Crippen molar-refractivity contribution in [3.8, 4) is 0 Å². The number of aryl methyl sites for hydroxylation is 1. The molecular weight excluding hydrogens is 938 g/mol. The molecule has 1 heterocycles. The molecule has 1 aliphatic heterocycles. The first-order chi connectivity index (χ1) is 35.9. The number of alkyl halides is 1. The number of aliphatic hydroxyl groups is 5. The number of amides is 1. The van der Waals surface area contributed by atoms with Crippen molar-refractivity contribution in [1.29, 1.82) is 0 Å². The molecule has 0 radical (unpaired) electrons. The van der Waals surface area contributed by atoms with Gasteiger partial charge in [0.2, 0.25) is 5.91 Å². The third-order valence-corrected chi connectivity index (χ3v) is 16.7. The summed E-state index contributed by atoms with van der Waals surface area (Å²) in [5, 5.41) is 57.6. The zero-order chi connectivity index (χ0) is 53.1. The molecule has 3 aliphatic carbocycles. The first-order valence-corrected chi connectivity index (χ1v) is 30.8. The van der Waals surface area contributed by atoms with Crippen LogP contribution in [0.25, 0.3) is 0 Å². The van der Waals surface area contributed by atoms with Gasteiger partial charge in [-0.1, -0.05) is 243 Å². The van der Waals surface area contributed by atoms with Crippen LogP contribution < -0.4 is 5.32 Å². The Labute approximate surface area is 448 Å². The van der Waals surface area contributed by atoms with Crippen LogP contribution in [0.3, 0.4) is 0 Å². The molecule has 74 heavy (non-hydrogen) atoms. The van der Waals surface area contributed by atoms with E-state index in [1.54, 1.807) is 0 Å². The molecule has 1 saturated heterocycles. The number of hydrogen-bond acceptors (Lipinski definition) is 10. The van der Waals surface area contributed by atoms with Crippen LogP contribution in [0.2, 0.25) is 0 Å². The topological polar surface area (TPSA) is 175 Å². The van der Waals surface area contributed by atoms with Gasteiger partial charge in [-0.3, -0.25) is 9.59 Å². The maximum absolute atomic E-state index is 13.7. The summed E-state index contributed by atoms with van der Waals surface area (Å²) in [6, 6.07) is 8.45. The van der Waals surface area contributed by atoms with E-state index in [9.17, 15) is 39.5 Å². The lowest BCUT2D eigenvalue weighted by Crippen LogP contribution is -2.64. The lowest BCUT2D eigenvalue weighted by molar-refractivity contribution is -0.303. The maximum Gasteiger partial charge on any atom is 0.306 e. The van der Waals surface area contributed by atoms with Crippen LogP contribution in [0.1, 0.15) is 269 Å². The van der Waals surface area contributed by atoms with E-state index in [1.165, 1.54) is 167 Å². The minimum atomic E-state index is -1.67. The van der Waals surface area contributed by atoms with Crippen LogP contribution in [0.4, 0.5) is 4.39 Å². The van der Waals surface area contributed by atoms with Gasteiger partial charge in [0, 0.05) is 12.8 Å². The summed E-state index contributed by atoms with van der Waals surface area (Å²) >= 11 is 0. The number of esters is 1. The normalized spacial score (nSPS) is 24.4. The average Bonchev–Trinajstić information content (AvgIpc) is 3.38. The highest BCUT2D eigenvalue weighted by molar-refractivity contribution is 5.76. The molecule has 4 fully saturated rings. The Balaban J connectivity index is 1.05. The van der Waals surface area contributed by atoms with Crippen molar-refractivity contribution >= 4 is 11.9 Å². The van der Waals surface area contributed by atoms with E-state index < -0.39 is 60.6 Å². The Bertz CT molecular complexity index is 1550. The Morgan fingerprint density at radius 2 is 1.08 bits per heavy atom. The summed E-state index contributed by atoms with van der Waals surface area (Å²) in [5.74, 6) is -0.786. The number of nitrogens with one attached hydrogen (secondary N) is 1. The SMILES string of the molecule is CCCCCCCCCCCCCC[C@@H](O)[C@@H](O)[C@H](CO[C@H]1O[C@H](COC(=O)CCc2ccccc2)[C@H](O)[C@H](O)[C@H]1O)NC(=O)CCCCCCCCCCCCCCCCCCCCCCCC12CC(F)(C1)C2. The molecule has 6 N–H and O–H groups in total. The predicted octanol–water partition coefficient (Wildman–Crippen LogP) is 13.1. The molecule has 11 nitrogen and oxygen atoms in total. The van der Waals surface area contributed by atoms with Crippen molar-refractivity contribution in [2.75, 3.05) is 13.2 Å². The number of halogens is 1. The predicted molar refractivity (Wildman–Crippen MR) is 294 cm³/mol. The summed E-state index contributed by atoms with van der Waals surface area (Å²) in [6.07, 6.45) is 35.6. The minimum absolute atomic E-state index is 0.106. The molecule has 1 aromatic rings. The fourth-order valence-electron chi connectivity index (χ4n) is 11.9. The fraction of sp³-hybridized carbons (Fsp3) is 0.871. The van der Waals surface area contributed by atoms with Gasteiger partial charge in [-0.15, -0.1) is 0 Å². The third-order valence-electron chi connectivity index (χ3n) is 16.7. The van der Waals surface area contributed by atoms with Gasteiger partial charge in [0.1, 0.15) is 42.8 Å². The van der Waals surface area contributed by atoms with E-state index in [4.69, 9.17) is 14.2 Å². The number of ether oxygens (including phenoxy) is 3. The van der Waals surface area contributed by atoms with Crippen molar-refractivity contribution < 1.29 is 53.7 Å². The highest BCUT2D eigenvalue weighted by Gasteiger charge is 2.68. The second-order valence-electron chi connectivity index (χ2n) is 23.5. The smallest absolute Gasteiger partial charge is 0.306 e. The zero-order valence-electron chi connectivity index (χ0n) is 46.6. The van der Waals surface area contributed by atoms with Gasteiger partial charge in [0.15, 0.2) is 6.29 Å². The maximum atomic E-state index is 13.7. The number of aliphatic hydroxyl groups excluding tert-OH is 5. The molecule has 2 bridgehead atoms. The first-order valence-electron chi connectivity index (χ1n) is 30.8. The molecule has 5 rings (SSSR count). The van der Waals surface area contributed by atoms with Crippen molar-refractivity contribution in [3.05, 3.63) is 35.9 Å². The van der Waals surface area contributed by atoms with Gasteiger partial charge < -0.3 is 45.1 Å². The van der Waals surface area contributed by atoms with Crippen LogP contribution in [0.5, 0.6) is 0 Å². The summed E-state index contributed by atoms with van der Waals surface area (Å²) in [6.45, 7) is 1.51. The van der Waals surface area contributed by atoms with Crippen LogP contribution >= 0.6 is 0 Å². The fourth-order valence-corrected chi connectivity index (χ4v) is 11.9. The molecule has 428 valence electrons. The third kappa shape index (κ3) is 26.4. The highest BCUT2D eigenvalue weighted by Crippen LogP contribution is 2.71. The van der Waals surface area contributed by atoms with Crippen LogP contribution in [-0.4, -0.2) is 105 Å². The molecule has 0 aromatic heterocycles. The molecule has 1 amide bonds. The molecule has 12 heteroatoms. The largest absolute Gasteiger partial charge is 0.463 e. The molecule has 4 aliphatic rings. The van der Waals surface area contributed by atoms with Crippen LogP contribution in [0.15, 0.2) is 30.3 Å². The van der Waals surface area contributed by atoms with E-state index in [0.717, 1.165) is 69.8 Å². The number of hydrogen-bond donors (Lipinski definition) is 6. The standard InChI is InChI=1S/C62H108FNO10/c1-2-3-4-5-6-7-8-20-23-26-29-35-40-52(65)56(68)51(45-73-60-59(71)58(70)57(69)53(74-60)46-72-55(67)43-42-50-38-33-32-34-39-50)64-54(66)41-36-30-27-24-21-18-16-14-12-10-9-11-13-15-17-19-22-25-28-31-37-44-61-47-62(63,48-61)49-61/h32-34,38-39,51-53,56-60,65,68-71H,2-31,35-37,40-49H2,1H3,(H,64,66)/t51-,52+,53+,56-,57-,58-,59+,60-,61?,62?/m0/s1. The van der Waals surface area contributed by atoms with Gasteiger partial charge in [-0.05, 0) is 55.9 Å². The molecule has 0 unspecified atom stereocenters. The lowest BCUT2D eigenvalue weighted by Gasteiger charge is -2.66. The average molecular weight is 1050 g/mol. The van der Waals surface area contributed by atoms with Gasteiger partial charge in [-0.25, -0.2) is 4.39 Å². The number of carbonyl (C=O) groups is 2. The Hall–Kier alpha value is -2.19. The summed E-state index contributed by atoms with van der Waals surface area (Å²) in [7, 11) is 0. The molecular formula is C62H108FNO10. The summed E-state index contributed by atoms with van der Waals surface area (Å²) in [4.78, 5) is 25.8. The van der Waals surface area contributed by atoms with Crippen molar-refractivity contribution in [2.45, 2.75) is 325 Å². The monoisotopic (exact) mass is 1050 g/mol. The molecule has 0 spiro atoms. The van der Waals surface area contributed by atoms with Gasteiger partial charge in [0.05, 0.1) is 18.8 Å². The van der Waals surface area contributed by atoms with Crippen molar-refractivity contribution in [3.63, 3.8) is 0 Å². The number of benzene rings is 1. The molecule has 8 atom stereocenters. The molecule has 3 saturated carbocycles. The number of carbonyl (C=O) groups excluding carboxylic acids is 2. The van der Waals surface area contributed by atoms with E-state index in [-0.39, 0.29) is 32.0 Å². The lowest BCUT2D eigenvalue weighted by atomic mass is 9.41.